The highest BCUT2D eigenvalue weighted by Gasteiger charge is 2.09. The van der Waals surface area contributed by atoms with Crippen molar-refractivity contribution in [2.45, 2.75) is 39.5 Å². The first-order valence-corrected chi connectivity index (χ1v) is 8.20. The summed E-state index contributed by atoms with van der Waals surface area (Å²) < 4.78 is 0. The first-order chi connectivity index (χ1) is 10.6. The fourth-order valence-corrected chi connectivity index (χ4v) is 2.96. The van der Waals surface area contributed by atoms with Crippen molar-refractivity contribution in [3.63, 3.8) is 0 Å². The van der Waals surface area contributed by atoms with Gasteiger partial charge in [-0.1, -0.05) is 80.1 Å². The molecule has 0 bridgehead atoms. The molecule has 0 nitrogen and oxygen atoms in total. The number of hydrogen-bond acceptors (Lipinski definition) is 0. The maximum Gasteiger partial charge on any atom is -0.0152 e. The molecule has 0 radical (unpaired) electrons. The van der Waals surface area contributed by atoms with Gasteiger partial charge in [-0.2, -0.15) is 0 Å². The van der Waals surface area contributed by atoms with Crippen molar-refractivity contribution in [3.05, 3.63) is 82.9 Å². The minimum Gasteiger partial charge on any atom is -0.0591 e. The Morgan fingerprint density at radius 3 is 2.14 bits per heavy atom. The van der Waals surface area contributed by atoms with Crippen molar-refractivity contribution in [3.8, 4) is 11.1 Å². The van der Waals surface area contributed by atoms with Crippen LogP contribution in [0.1, 0.15) is 42.0 Å². The van der Waals surface area contributed by atoms with E-state index in [-0.39, 0.29) is 0 Å². The SMILES string of the molecule is Cc1ccc(CCc2ccc3ccc(C(C)C)ccc2-3)cc1. The molecule has 1 aromatic carbocycles. The first-order valence-electron chi connectivity index (χ1n) is 8.20. The lowest BCUT2D eigenvalue weighted by atomic mass is 10.0. The molecule has 0 heteroatoms. The van der Waals surface area contributed by atoms with Gasteiger partial charge in [-0.15, -0.1) is 0 Å². The smallest absolute Gasteiger partial charge is 0.0152 e. The lowest BCUT2D eigenvalue weighted by Crippen LogP contribution is -1.91. The van der Waals surface area contributed by atoms with E-state index >= 15 is 0 Å². The highest BCUT2D eigenvalue weighted by atomic mass is 14.1. The maximum atomic E-state index is 2.30. The number of rotatable bonds is 4. The first kappa shape index (κ1) is 14.8. The molecule has 0 N–H and O–H groups in total. The van der Waals surface area contributed by atoms with Crippen LogP contribution in [0.3, 0.4) is 0 Å². The van der Waals surface area contributed by atoms with E-state index in [1.54, 1.807) is 0 Å². The topological polar surface area (TPSA) is 0 Å². The lowest BCUT2D eigenvalue weighted by Gasteiger charge is -2.03. The fraction of sp³-hybridized carbons (Fsp3) is 0.273. The highest BCUT2D eigenvalue weighted by Crippen LogP contribution is 2.29. The molecule has 2 aliphatic carbocycles. The van der Waals surface area contributed by atoms with Crippen LogP contribution < -0.4 is 0 Å². The third-order valence-electron chi connectivity index (χ3n) is 4.49. The minimum absolute atomic E-state index is 0.576. The zero-order valence-corrected chi connectivity index (χ0v) is 13.8. The summed E-state index contributed by atoms with van der Waals surface area (Å²) in [5, 5.41) is 0. The van der Waals surface area contributed by atoms with Crippen LogP contribution in [0.4, 0.5) is 0 Å². The van der Waals surface area contributed by atoms with Crippen LogP contribution in [0.15, 0.2) is 60.7 Å². The lowest BCUT2D eigenvalue weighted by molar-refractivity contribution is 0.868. The Morgan fingerprint density at radius 1 is 0.727 bits per heavy atom. The van der Waals surface area contributed by atoms with Gasteiger partial charge in [0.2, 0.25) is 0 Å². The molecule has 2 aliphatic rings. The summed E-state index contributed by atoms with van der Waals surface area (Å²) in [6.07, 6.45) is 2.21. The van der Waals surface area contributed by atoms with E-state index in [4.69, 9.17) is 0 Å². The molecule has 1 aromatic rings. The van der Waals surface area contributed by atoms with Crippen molar-refractivity contribution in [1.29, 1.82) is 0 Å². The summed E-state index contributed by atoms with van der Waals surface area (Å²) in [5.41, 5.74) is 8.37. The zero-order valence-electron chi connectivity index (χ0n) is 13.8. The highest BCUT2D eigenvalue weighted by molar-refractivity contribution is 5.70. The van der Waals surface area contributed by atoms with E-state index in [0.717, 1.165) is 12.8 Å². The zero-order chi connectivity index (χ0) is 15.5. The summed E-state index contributed by atoms with van der Waals surface area (Å²) >= 11 is 0. The summed E-state index contributed by atoms with van der Waals surface area (Å²) in [4.78, 5) is 0. The summed E-state index contributed by atoms with van der Waals surface area (Å²) in [6.45, 7) is 6.64. The second kappa shape index (κ2) is 6.36. The Bertz CT molecular complexity index is 720. The van der Waals surface area contributed by atoms with Gasteiger partial charge in [0.15, 0.2) is 0 Å². The van der Waals surface area contributed by atoms with Gasteiger partial charge in [-0.05, 0) is 53.5 Å². The molecule has 0 heterocycles. The van der Waals surface area contributed by atoms with Gasteiger partial charge in [0, 0.05) is 0 Å². The molecule has 0 unspecified atom stereocenters. The van der Waals surface area contributed by atoms with Crippen LogP contribution >= 0.6 is 0 Å². The van der Waals surface area contributed by atoms with E-state index in [9.17, 15) is 0 Å². The Labute approximate surface area is 134 Å². The molecule has 3 rings (SSSR count). The normalized spacial score (nSPS) is 11.3. The van der Waals surface area contributed by atoms with Gasteiger partial charge in [0.05, 0.1) is 0 Å². The molecule has 22 heavy (non-hydrogen) atoms. The average molecular weight is 288 g/mol. The van der Waals surface area contributed by atoms with Crippen LogP contribution in [-0.4, -0.2) is 0 Å². The van der Waals surface area contributed by atoms with Crippen LogP contribution in [0.2, 0.25) is 0 Å². The van der Waals surface area contributed by atoms with Gasteiger partial charge in [0.25, 0.3) is 0 Å². The molecule has 0 atom stereocenters. The van der Waals surface area contributed by atoms with Crippen LogP contribution in [0, 0.1) is 6.92 Å². The monoisotopic (exact) mass is 288 g/mol. The van der Waals surface area contributed by atoms with E-state index < -0.39 is 0 Å². The molecule has 0 aromatic heterocycles. The molecular weight excluding hydrogens is 264 g/mol. The number of benzene rings is 1. The summed E-state index contributed by atoms with van der Waals surface area (Å²) in [7, 11) is 0. The summed E-state index contributed by atoms with van der Waals surface area (Å²) in [6, 6.07) is 22.5. The van der Waals surface area contributed by atoms with E-state index in [1.165, 1.54) is 33.4 Å². The average Bonchev–Trinajstić information content (AvgIpc) is 2.76. The third-order valence-corrected chi connectivity index (χ3v) is 4.49. The van der Waals surface area contributed by atoms with Gasteiger partial charge in [0.1, 0.15) is 0 Å². The van der Waals surface area contributed by atoms with E-state index in [2.05, 4.69) is 81.4 Å². The van der Waals surface area contributed by atoms with Crippen molar-refractivity contribution in [2.24, 2.45) is 0 Å². The molecule has 112 valence electrons. The molecule has 0 saturated heterocycles. The van der Waals surface area contributed by atoms with Crippen LogP contribution in [0.25, 0.3) is 11.1 Å². The standard InChI is InChI=1S/C22H24/c1-16(2)19-10-11-21-13-12-20(22(21)15-14-19)9-8-18-6-4-17(3)5-7-18/h4-7,10-16H,8-9H2,1-3H3. The Balaban J connectivity index is 1.81. The van der Waals surface area contributed by atoms with E-state index in [1.807, 2.05) is 0 Å². The van der Waals surface area contributed by atoms with Crippen molar-refractivity contribution >= 4 is 0 Å². The van der Waals surface area contributed by atoms with Crippen molar-refractivity contribution < 1.29 is 0 Å². The molecule has 0 aliphatic heterocycles. The summed E-state index contributed by atoms with van der Waals surface area (Å²) in [5.74, 6) is 0.576. The molecule has 0 amide bonds. The minimum atomic E-state index is 0.576. The third kappa shape index (κ3) is 3.22. The van der Waals surface area contributed by atoms with Crippen molar-refractivity contribution in [1.82, 2.24) is 0 Å². The molecular formula is C22H24. The predicted octanol–water partition coefficient (Wildman–Crippen LogP) is 6.01. The van der Waals surface area contributed by atoms with Crippen molar-refractivity contribution in [2.75, 3.05) is 0 Å². The second-order valence-electron chi connectivity index (χ2n) is 6.53. The van der Waals surface area contributed by atoms with Crippen LogP contribution in [-0.2, 0) is 12.8 Å². The number of aryl methyl sites for hydroxylation is 3. The second-order valence-corrected chi connectivity index (χ2v) is 6.53. The molecule has 0 spiro atoms. The van der Waals surface area contributed by atoms with Gasteiger partial charge < -0.3 is 0 Å². The number of hydrogen-bond donors (Lipinski definition) is 0. The van der Waals surface area contributed by atoms with Crippen LogP contribution in [0.5, 0.6) is 0 Å². The molecule has 0 saturated carbocycles. The predicted molar refractivity (Wildman–Crippen MR) is 95.7 cm³/mol. The van der Waals surface area contributed by atoms with Gasteiger partial charge in [-0.3, -0.25) is 0 Å². The Kier molecular flexibility index (Phi) is 4.29. The van der Waals surface area contributed by atoms with Gasteiger partial charge >= 0.3 is 0 Å². The molecule has 0 fully saturated rings. The maximum absolute atomic E-state index is 2.30. The fourth-order valence-electron chi connectivity index (χ4n) is 2.96. The quantitative estimate of drug-likeness (QED) is 0.551. The Morgan fingerprint density at radius 2 is 1.41 bits per heavy atom. The van der Waals surface area contributed by atoms with Gasteiger partial charge in [-0.25, -0.2) is 0 Å². The number of fused-ring (bicyclic) bond motifs is 1. The van der Waals surface area contributed by atoms with E-state index in [0.29, 0.717) is 5.92 Å². The Hall–Kier alpha value is -2.08. The largest absolute Gasteiger partial charge is 0.0591 e.